The topological polar surface area (TPSA) is 29.9 Å². The first-order valence-corrected chi connectivity index (χ1v) is 7.12. The lowest BCUT2D eigenvalue weighted by Crippen LogP contribution is -2.17. The van der Waals surface area contributed by atoms with Gasteiger partial charge in [0.25, 0.3) is 0 Å². The second-order valence-corrected chi connectivity index (χ2v) is 5.11. The Labute approximate surface area is 119 Å². The summed E-state index contributed by atoms with van der Waals surface area (Å²) in [5.74, 6) is 0. The first-order chi connectivity index (χ1) is 9.28. The molecule has 19 heavy (non-hydrogen) atoms. The summed E-state index contributed by atoms with van der Waals surface area (Å²) >= 11 is 5.84. The molecule has 1 aromatic carbocycles. The van der Waals surface area contributed by atoms with Gasteiger partial charge in [0, 0.05) is 6.20 Å². The van der Waals surface area contributed by atoms with Gasteiger partial charge in [-0.3, -0.25) is 4.68 Å². The van der Waals surface area contributed by atoms with Gasteiger partial charge in [0.05, 0.1) is 17.8 Å². The van der Waals surface area contributed by atoms with Gasteiger partial charge in [-0.2, -0.15) is 5.10 Å². The third kappa shape index (κ3) is 4.69. The normalized spacial score (nSPS) is 10.8. The maximum Gasteiger partial charge on any atom is 0.0785 e. The molecule has 4 heteroatoms. The van der Waals surface area contributed by atoms with E-state index in [1.165, 1.54) is 17.5 Å². The molecule has 1 heterocycles. The predicted octanol–water partition coefficient (Wildman–Crippen LogP) is 3.13. The van der Waals surface area contributed by atoms with E-state index >= 15 is 0 Å². The highest BCUT2D eigenvalue weighted by atomic mass is 35.5. The van der Waals surface area contributed by atoms with E-state index in [4.69, 9.17) is 11.6 Å². The van der Waals surface area contributed by atoms with Crippen molar-refractivity contribution in [3.63, 3.8) is 0 Å². The Hall–Kier alpha value is -1.32. The quantitative estimate of drug-likeness (QED) is 0.788. The third-order valence-electron chi connectivity index (χ3n) is 2.99. The van der Waals surface area contributed by atoms with E-state index in [0.29, 0.717) is 5.02 Å². The van der Waals surface area contributed by atoms with Crippen LogP contribution in [-0.2, 0) is 13.0 Å². The molecule has 2 aromatic rings. The van der Waals surface area contributed by atoms with Crippen LogP contribution in [0.3, 0.4) is 0 Å². The van der Waals surface area contributed by atoms with Crippen molar-refractivity contribution in [2.75, 3.05) is 13.1 Å². The van der Waals surface area contributed by atoms with Crippen molar-refractivity contribution in [3.05, 3.63) is 52.8 Å². The summed E-state index contributed by atoms with van der Waals surface area (Å²) in [6, 6.07) is 8.69. The van der Waals surface area contributed by atoms with E-state index in [9.17, 15) is 0 Å². The monoisotopic (exact) mass is 277 g/mol. The van der Waals surface area contributed by atoms with E-state index in [1.54, 1.807) is 6.20 Å². The first kappa shape index (κ1) is 14.1. The average Bonchev–Trinajstić information content (AvgIpc) is 2.82. The van der Waals surface area contributed by atoms with Crippen molar-refractivity contribution in [1.82, 2.24) is 15.1 Å². The molecule has 0 spiro atoms. The van der Waals surface area contributed by atoms with Gasteiger partial charge < -0.3 is 5.32 Å². The number of nitrogens with zero attached hydrogens (tertiary/aromatic N) is 2. The molecule has 0 atom stereocenters. The number of hydrogen-bond acceptors (Lipinski definition) is 2. The number of rotatable bonds is 7. The fraction of sp³-hybridized carbons (Fsp3) is 0.400. The smallest absolute Gasteiger partial charge is 0.0785 e. The second-order valence-electron chi connectivity index (χ2n) is 4.67. The van der Waals surface area contributed by atoms with E-state index in [1.807, 2.05) is 10.9 Å². The summed E-state index contributed by atoms with van der Waals surface area (Å²) in [5.41, 5.74) is 2.61. The maximum absolute atomic E-state index is 5.84. The number of halogens is 1. The van der Waals surface area contributed by atoms with E-state index in [-0.39, 0.29) is 0 Å². The number of benzene rings is 1. The molecule has 0 amide bonds. The van der Waals surface area contributed by atoms with Crippen LogP contribution < -0.4 is 5.32 Å². The van der Waals surface area contributed by atoms with Gasteiger partial charge in [0.15, 0.2) is 0 Å². The molecule has 0 aliphatic rings. The minimum absolute atomic E-state index is 0.679. The average molecular weight is 278 g/mol. The molecular formula is C15H20ClN3. The highest BCUT2D eigenvalue weighted by Crippen LogP contribution is 2.09. The number of nitrogens with one attached hydrogen (secondary N) is 1. The van der Waals surface area contributed by atoms with Gasteiger partial charge in [-0.25, -0.2) is 0 Å². The lowest BCUT2D eigenvalue weighted by molar-refractivity contribution is 0.670. The zero-order chi connectivity index (χ0) is 13.5. The van der Waals surface area contributed by atoms with Crippen LogP contribution in [0.1, 0.15) is 24.5 Å². The van der Waals surface area contributed by atoms with Crippen LogP contribution in [0.25, 0.3) is 0 Å². The van der Waals surface area contributed by atoms with Crippen LogP contribution >= 0.6 is 11.6 Å². The molecule has 102 valence electrons. The summed E-state index contributed by atoms with van der Waals surface area (Å²) in [5, 5.41) is 8.27. The molecule has 0 aliphatic carbocycles. The molecule has 0 radical (unpaired) electrons. The van der Waals surface area contributed by atoms with Crippen molar-refractivity contribution in [3.8, 4) is 0 Å². The fourth-order valence-corrected chi connectivity index (χ4v) is 2.11. The van der Waals surface area contributed by atoms with Gasteiger partial charge in [0.1, 0.15) is 0 Å². The summed E-state index contributed by atoms with van der Waals surface area (Å²) in [6.07, 6.45) is 5.76. The largest absolute Gasteiger partial charge is 0.316 e. The fourth-order valence-electron chi connectivity index (χ4n) is 1.96. The van der Waals surface area contributed by atoms with Crippen molar-refractivity contribution in [1.29, 1.82) is 0 Å². The molecule has 0 bridgehead atoms. The molecular weight excluding hydrogens is 258 g/mol. The van der Waals surface area contributed by atoms with E-state index < -0.39 is 0 Å². The molecule has 0 saturated carbocycles. The van der Waals surface area contributed by atoms with Crippen LogP contribution in [0.5, 0.6) is 0 Å². The molecule has 0 fully saturated rings. The SMILES string of the molecule is CCCNCCc1ccc(Cn2cc(Cl)cn2)cc1. The Morgan fingerprint density at radius 3 is 2.53 bits per heavy atom. The minimum Gasteiger partial charge on any atom is -0.316 e. The Balaban J connectivity index is 1.84. The van der Waals surface area contributed by atoms with Crippen LogP contribution in [0.4, 0.5) is 0 Å². The van der Waals surface area contributed by atoms with Crippen molar-refractivity contribution in [2.24, 2.45) is 0 Å². The zero-order valence-electron chi connectivity index (χ0n) is 11.3. The van der Waals surface area contributed by atoms with Crippen LogP contribution in [0.2, 0.25) is 5.02 Å². The number of hydrogen-bond donors (Lipinski definition) is 1. The van der Waals surface area contributed by atoms with Gasteiger partial charge in [-0.15, -0.1) is 0 Å². The van der Waals surface area contributed by atoms with Crippen molar-refractivity contribution in [2.45, 2.75) is 26.3 Å². The second kappa shape index (κ2) is 7.31. The maximum atomic E-state index is 5.84. The number of aromatic nitrogens is 2. The van der Waals surface area contributed by atoms with Crippen LogP contribution in [0, 0.1) is 0 Å². The molecule has 0 unspecified atom stereocenters. The Kier molecular flexibility index (Phi) is 5.43. The molecule has 0 aliphatic heterocycles. The van der Waals surface area contributed by atoms with Crippen molar-refractivity contribution < 1.29 is 0 Å². The zero-order valence-corrected chi connectivity index (χ0v) is 12.0. The third-order valence-corrected chi connectivity index (χ3v) is 3.18. The Morgan fingerprint density at radius 1 is 1.16 bits per heavy atom. The minimum atomic E-state index is 0.679. The molecule has 2 rings (SSSR count). The predicted molar refractivity (Wildman–Crippen MR) is 79.6 cm³/mol. The summed E-state index contributed by atoms with van der Waals surface area (Å²) < 4.78 is 1.85. The standard InChI is InChI=1S/C15H20ClN3/c1-2-8-17-9-7-13-3-5-14(6-4-13)11-19-12-15(16)10-18-19/h3-6,10,12,17H,2,7-9,11H2,1H3. The Morgan fingerprint density at radius 2 is 1.89 bits per heavy atom. The van der Waals surface area contributed by atoms with E-state index in [0.717, 1.165) is 26.1 Å². The molecule has 1 N–H and O–H groups in total. The lowest BCUT2D eigenvalue weighted by atomic mass is 10.1. The summed E-state index contributed by atoms with van der Waals surface area (Å²) in [4.78, 5) is 0. The van der Waals surface area contributed by atoms with Gasteiger partial charge in [-0.05, 0) is 37.1 Å². The molecule has 3 nitrogen and oxygen atoms in total. The summed E-state index contributed by atoms with van der Waals surface area (Å²) in [6.45, 7) is 5.09. The van der Waals surface area contributed by atoms with Gasteiger partial charge in [0.2, 0.25) is 0 Å². The van der Waals surface area contributed by atoms with Gasteiger partial charge >= 0.3 is 0 Å². The highest BCUT2D eigenvalue weighted by Gasteiger charge is 1.99. The van der Waals surface area contributed by atoms with Crippen molar-refractivity contribution >= 4 is 11.6 Å². The Bertz CT molecular complexity index is 490. The first-order valence-electron chi connectivity index (χ1n) is 6.74. The van der Waals surface area contributed by atoms with Gasteiger partial charge in [-0.1, -0.05) is 42.8 Å². The highest BCUT2D eigenvalue weighted by molar-refractivity contribution is 6.30. The van der Waals surface area contributed by atoms with Crippen LogP contribution in [0.15, 0.2) is 36.7 Å². The molecule has 1 aromatic heterocycles. The van der Waals surface area contributed by atoms with E-state index in [2.05, 4.69) is 41.6 Å². The molecule has 0 saturated heterocycles. The van der Waals surface area contributed by atoms with Crippen LogP contribution in [-0.4, -0.2) is 22.9 Å². The lowest BCUT2D eigenvalue weighted by Gasteiger charge is -2.05. The summed E-state index contributed by atoms with van der Waals surface area (Å²) in [7, 11) is 0.